The number of hydrogen-bond acceptors (Lipinski definition) is 5. The molecule has 0 radical (unpaired) electrons. The number of hydrogen-bond donors (Lipinski definition) is 1. The molecule has 0 fully saturated rings. The summed E-state index contributed by atoms with van der Waals surface area (Å²) in [5, 5.41) is 10.1. The third-order valence-electron chi connectivity index (χ3n) is 3.83. The molecule has 0 saturated carbocycles. The maximum absolute atomic E-state index is 10.1. The minimum Gasteiger partial charge on any atom is -0.822 e. The first-order valence-electron chi connectivity index (χ1n) is 9.73. The summed E-state index contributed by atoms with van der Waals surface area (Å²) in [6.07, 6.45) is 23.3. The zero-order chi connectivity index (χ0) is 19.2. The summed E-state index contributed by atoms with van der Waals surface area (Å²) in [5.74, 6) is 0. The smallest absolute Gasteiger partial charge is 0.822 e. The molecule has 2 N–H and O–H groups in total. The van der Waals surface area contributed by atoms with E-state index in [1.165, 1.54) is 83.5 Å². The number of quaternary nitrogens is 1. The summed E-state index contributed by atoms with van der Waals surface area (Å²) in [5.41, 5.74) is 1.04. The van der Waals surface area contributed by atoms with Gasteiger partial charge in [0.25, 0.3) is 0 Å². The fourth-order valence-corrected chi connectivity index (χ4v) is 2.48. The fraction of sp³-hybridized carbons (Fsp3) is 0.889. The molecule has 0 heterocycles. The monoisotopic (exact) mass is 495 g/mol. The summed E-state index contributed by atoms with van der Waals surface area (Å²) in [4.78, 5) is 25.6. The second kappa shape index (κ2) is 36.3. The molecule has 28 heavy (non-hydrogen) atoms. The van der Waals surface area contributed by atoms with Gasteiger partial charge in [0.1, 0.15) is 0 Å². The normalized spacial score (nSPS) is 10.3. The molecule has 0 aliphatic carbocycles. The van der Waals surface area contributed by atoms with Crippen molar-refractivity contribution in [2.45, 2.75) is 96.8 Å². The van der Waals surface area contributed by atoms with Crippen LogP contribution in [-0.2, 0) is 4.57 Å². The SMILES string of the molecule is CCCCCCCC/C=C\CCCCCCCC[NH2+][O-].O=P([O-])([O-])[O-].[K+].[K+].[K+]. The molecule has 0 aromatic rings. The predicted molar refractivity (Wildman–Crippen MR) is 97.2 cm³/mol. The van der Waals surface area contributed by atoms with Gasteiger partial charge in [0.2, 0.25) is 0 Å². The first-order chi connectivity index (χ1) is 11.9. The summed E-state index contributed by atoms with van der Waals surface area (Å²) in [7, 11) is -5.39. The van der Waals surface area contributed by atoms with E-state index in [1.807, 2.05) is 0 Å². The molecule has 0 amide bonds. The summed E-state index contributed by atoms with van der Waals surface area (Å²) >= 11 is 0. The molecule has 0 spiro atoms. The zero-order valence-electron chi connectivity index (χ0n) is 18.8. The third kappa shape index (κ3) is 57.5. The Bertz CT molecular complexity index is 326. The van der Waals surface area contributed by atoms with Gasteiger partial charge >= 0.3 is 154 Å². The van der Waals surface area contributed by atoms with Crippen LogP contribution in [0, 0.1) is 5.21 Å². The topological polar surface area (TPSA) is 126 Å². The maximum atomic E-state index is 10.1. The Balaban J connectivity index is -0.000000195. The molecule has 0 rings (SSSR count). The van der Waals surface area contributed by atoms with Gasteiger partial charge in [-0.05, 0) is 38.5 Å². The number of phosphoric acid groups is 1. The first kappa shape index (κ1) is 42.8. The van der Waals surface area contributed by atoms with Crippen LogP contribution in [0.1, 0.15) is 96.8 Å². The van der Waals surface area contributed by atoms with E-state index in [4.69, 9.17) is 19.2 Å². The van der Waals surface area contributed by atoms with Crippen molar-refractivity contribution in [2.24, 2.45) is 0 Å². The number of allylic oxidation sites excluding steroid dienone is 2. The molecule has 0 aliphatic heterocycles. The molecule has 0 aliphatic rings. The van der Waals surface area contributed by atoms with Crippen LogP contribution in [0.25, 0.3) is 0 Å². The Hall–Kier alpha value is 4.68. The van der Waals surface area contributed by atoms with E-state index in [-0.39, 0.29) is 154 Å². The number of nitrogens with two attached hydrogens (primary N) is 1. The van der Waals surface area contributed by atoms with E-state index in [2.05, 4.69) is 19.1 Å². The van der Waals surface area contributed by atoms with Crippen molar-refractivity contribution >= 4 is 7.82 Å². The zero-order valence-corrected chi connectivity index (χ0v) is 29.1. The molecule has 6 nitrogen and oxygen atoms in total. The largest absolute Gasteiger partial charge is 1.00 e. The van der Waals surface area contributed by atoms with Gasteiger partial charge in [-0.2, -0.15) is 7.82 Å². The van der Waals surface area contributed by atoms with E-state index < -0.39 is 7.82 Å². The van der Waals surface area contributed by atoms with Gasteiger partial charge in [0, 0.05) is 0 Å². The number of rotatable bonds is 16. The van der Waals surface area contributed by atoms with Crippen molar-refractivity contribution in [3.8, 4) is 0 Å². The van der Waals surface area contributed by atoms with Gasteiger partial charge in [-0.25, -0.2) is 0 Å². The fourth-order valence-electron chi connectivity index (χ4n) is 2.48. The van der Waals surface area contributed by atoms with E-state index in [0.717, 1.165) is 18.4 Å². The molecular weight excluding hydrogens is 458 g/mol. The number of hydroxylamine groups is 1. The van der Waals surface area contributed by atoms with Crippen molar-refractivity contribution in [3.63, 3.8) is 0 Å². The first-order valence-corrected chi connectivity index (χ1v) is 11.2. The van der Waals surface area contributed by atoms with Crippen LogP contribution in [0.2, 0.25) is 0 Å². The molecule has 0 aromatic heterocycles. The Kier molecular flexibility index (Phi) is 55.4. The predicted octanol–water partition coefficient (Wildman–Crippen LogP) is -6.73. The van der Waals surface area contributed by atoms with Crippen LogP contribution in [0.5, 0.6) is 0 Å². The van der Waals surface area contributed by atoms with Gasteiger partial charge in [-0.1, -0.05) is 70.4 Å². The standard InChI is InChI=1S/C18H37NO.3K.H3O4P/c1-2-3-4-5-6-7-8-9-10-11-12-13-14-15-16-17-18-19-20;;;;1-5(2,3)4/h9-10H,2-8,11-19H2,1H3;;;;(H3,1,2,3,4)/q;3*+1;/p-3/b10-9-;;;;. The Labute approximate surface area is 300 Å². The van der Waals surface area contributed by atoms with Crippen molar-refractivity contribution < 1.29 is 179 Å². The van der Waals surface area contributed by atoms with E-state index >= 15 is 0 Å². The molecule has 0 bridgehead atoms. The van der Waals surface area contributed by atoms with Gasteiger partial charge < -0.3 is 29.9 Å². The van der Waals surface area contributed by atoms with Crippen molar-refractivity contribution in [2.75, 3.05) is 6.54 Å². The molecule has 0 unspecified atom stereocenters. The molecule has 152 valence electrons. The van der Waals surface area contributed by atoms with Crippen LogP contribution in [0.15, 0.2) is 12.2 Å². The van der Waals surface area contributed by atoms with Gasteiger partial charge in [-0.15, -0.1) is 0 Å². The quantitative estimate of drug-likeness (QED) is 0.0749. The van der Waals surface area contributed by atoms with Crippen LogP contribution >= 0.6 is 7.82 Å². The van der Waals surface area contributed by atoms with Gasteiger partial charge in [0.15, 0.2) is 0 Å². The molecule has 0 atom stereocenters. The molecule has 0 aromatic carbocycles. The van der Waals surface area contributed by atoms with Crippen LogP contribution in [0.3, 0.4) is 0 Å². The van der Waals surface area contributed by atoms with Crippen molar-refractivity contribution in [3.05, 3.63) is 17.4 Å². The molecular formula is C18H37K3NO5P. The average molecular weight is 496 g/mol. The molecule has 0 saturated heterocycles. The minimum atomic E-state index is -5.39. The summed E-state index contributed by atoms with van der Waals surface area (Å²) in [6.45, 7) is 3.02. The van der Waals surface area contributed by atoms with Crippen molar-refractivity contribution in [1.29, 1.82) is 0 Å². The third-order valence-corrected chi connectivity index (χ3v) is 3.83. The second-order valence-corrected chi connectivity index (χ2v) is 7.23. The van der Waals surface area contributed by atoms with Crippen LogP contribution in [-0.4, -0.2) is 6.54 Å². The number of unbranched alkanes of at least 4 members (excludes halogenated alkanes) is 12. The van der Waals surface area contributed by atoms with Gasteiger partial charge in [-0.3, -0.25) is 0 Å². The van der Waals surface area contributed by atoms with E-state index in [9.17, 15) is 5.21 Å². The Morgan fingerprint density at radius 2 is 1.00 bits per heavy atom. The summed E-state index contributed by atoms with van der Waals surface area (Å²) in [6, 6.07) is 0. The van der Waals surface area contributed by atoms with Crippen molar-refractivity contribution in [1.82, 2.24) is 0 Å². The Morgan fingerprint density at radius 1 is 0.679 bits per heavy atom. The van der Waals surface area contributed by atoms with E-state index in [1.54, 1.807) is 0 Å². The molecule has 10 heteroatoms. The summed E-state index contributed by atoms with van der Waals surface area (Å²) < 4.78 is 8.55. The second-order valence-electron chi connectivity index (χ2n) is 6.34. The minimum absolute atomic E-state index is 0. The average Bonchev–Trinajstić information content (AvgIpc) is 2.53. The van der Waals surface area contributed by atoms with Gasteiger partial charge in [0.05, 0.1) is 6.54 Å². The Morgan fingerprint density at radius 3 is 1.36 bits per heavy atom. The van der Waals surface area contributed by atoms with Crippen LogP contribution in [0.4, 0.5) is 0 Å². The van der Waals surface area contributed by atoms with E-state index in [0.29, 0.717) is 0 Å². The maximum Gasteiger partial charge on any atom is 1.00 e. The van der Waals surface area contributed by atoms with Crippen LogP contribution < -0.4 is 174 Å².